The molecule has 0 atom stereocenters. The molecule has 0 bridgehead atoms. The molecular weight excluding hydrogens is 300 g/mol. The summed E-state index contributed by atoms with van der Waals surface area (Å²) in [6.07, 6.45) is 5.64. The number of nitrogens with one attached hydrogen (secondary N) is 1. The SMILES string of the molecule is COc1cc(CCNC(=O)CCCCCCN)ccc1C.Cl. The van der Waals surface area contributed by atoms with Crippen molar-refractivity contribution in [2.24, 2.45) is 5.73 Å². The molecule has 22 heavy (non-hydrogen) atoms. The third-order valence-corrected chi connectivity index (χ3v) is 3.57. The average Bonchev–Trinajstić information content (AvgIpc) is 2.48. The van der Waals surface area contributed by atoms with Crippen LogP contribution in [0.3, 0.4) is 0 Å². The highest BCUT2D eigenvalue weighted by Crippen LogP contribution is 2.18. The minimum atomic E-state index is 0. The topological polar surface area (TPSA) is 64.3 Å². The number of amides is 1. The molecule has 1 aromatic carbocycles. The van der Waals surface area contributed by atoms with Gasteiger partial charge in [0.2, 0.25) is 5.91 Å². The maximum absolute atomic E-state index is 11.7. The van der Waals surface area contributed by atoms with Crippen molar-refractivity contribution >= 4 is 18.3 Å². The maximum atomic E-state index is 11.7. The molecule has 0 saturated carbocycles. The van der Waals surface area contributed by atoms with E-state index in [1.54, 1.807) is 7.11 Å². The Labute approximate surface area is 140 Å². The summed E-state index contributed by atoms with van der Waals surface area (Å²) in [5, 5.41) is 2.97. The predicted octanol–water partition coefficient (Wildman–Crippen LogP) is 2.99. The molecule has 3 N–H and O–H groups in total. The van der Waals surface area contributed by atoms with Crippen LogP contribution in [0.25, 0.3) is 0 Å². The van der Waals surface area contributed by atoms with Crippen molar-refractivity contribution in [2.75, 3.05) is 20.2 Å². The van der Waals surface area contributed by atoms with E-state index < -0.39 is 0 Å². The van der Waals surface area contributed by atoms with Gasteiger partial charge in [0, 0.05) is 13.0 Å². The number of rotatable bonds is 10. The van der Waals surface area contributed by atoms with Crippen molar-refractivity contribution < 1.29 is 9.53 Å². The normalized spacial score (nSPS) is 9.95. The summed E-state index contributed by atoms with van der Waals surface area (Å²) in [5.74, 6) is 1.04. The number of hydrogen-bond donors (Lipinski definition) is 2. The molecule has 0 heterocycles. The Morgan fingerprint density at radius 3 is 2.64 bits per heavy atom. The predicted molar refractivity (Wildman–Crippen MR) is 93.8 cm³/mol. The molecule has 0 fully saturated rings. The van der Waals surface area contributed by atoms with Crippen LogP contribution < -0.4 is 15.8 Å². The second-order valence-electron chi connectivity index (χ2n) is 5.36. The Balaban J connectivity index is 0.00000441. The molecule has 0 aliphatic rings. The first-order valence-corrected chi connectivity index (χ1v) is 7.77. The van der Waals surface area contributed by atoms with Gasteiger partial charge in [-0.25, -0.2) is 0 Å². The van der Waals surface area contributed by atoms with Crippen LogP contribution in [0.5, 0.6) is 5.75 Å². The molecule has 0 radical (unpaired) electrons. The van der Waals surface area contributed by atoms with Gasteiger partial charge in [0.25, 0.3) is 0 Å². The number of methoxy groups -OCH3 is 1. The summed E-state index contributed by atoms with van der Waals surface area (Å²) in [4.78, 5) is 11.7. The molecule has 0 aliphatic carbocycles. The Morgan fingerprint density at radius 1 is 1.23 bits per heavy atom. The molecule has 4 nitrogen and oxygen atoms in total. The summed E-state index contributed by atoms with van der Waals surface area (Å²) in [6, 6.07) is 6.17. The first kappa shape index (κ1) is 20.7. The molecule has 0 saturated heterocycles. The number of carbonyl (C=O) groups is 1. The lowest BCUT2D eigenvalue weighted by atomic mass is 10.1. The van der Waals surface area contributed by atoms with E-state index in [-0.39, 0.29) is 18.3 Å². The van der Waals surface area contributed by atoms with Gasteiger partial charge in [-0.3, -0.25) is 4.79 Å². The van der Waals surface area contributed by atoms with Crippen LogP contribution >= 0.6 is 12.4 Å². The van der Waals surface area contributed by atoms with Gasteiger partial charge in [0.15, 0.2) is 0 Å². The van der Waals surface area contributed by atoms with Crippen LogP contribution in [0.4, 0.5) is 0 Å². The lowest BCUT2D eigenvalue weighted by Gasteiger charge is -2.09. The van der Waals surface area contributed by atoms with Gasteiger partial charge in [0.1, 0.15) is 5.75 Å². The van der Waals surface area contributed by atoms with Crippen molar-refractivity contribution in [3.63, 3.8) is 0 Å². The molecule has 0 spiro atoms. The fourth-order valence-corrected chi connectivity index (χ4v) is 2.24. The van der Waals surface area contributed by atoms with E-state index >= 15 is 0 Å². The molecule has 1 aromatic rings. The van der Waals surface area contributed by atoms with E-state index in [1.165, 1.54) is 5.56 Å². The van der Waals surface area contributed by atoms with Crippen molar-refractivity contribution in [1.82, 2.24) is 5.32 Å². The fourth-order valence-electron chi connectivity index (χ4n) is 2.24. The van der Waals surface area contributed by atoms with E-state index in [4.69, 9.17) is 10.5 Å². The van der Waals surface area contributed by atoms with Gasteiger partial charge < -0.3 is 15.8 Å². The van der Waals surface area contributed by atoms with Crippen LogP contribution in [-0.2, 0) is 11.2 Å². The smallest absolute Gasteiger partial charge is 0.220 e. The van der Waals surface area contributed by atoms with Crippen LogP contribution in [-0.4, -0.2) is 26.1 Å². The van der Waals surface area contributed by atoms with Crippen LogP contribution in [0.15, 0.2) is 18.2 Å². The summed E-state index contributed by atoms with van der Waals surface area (Å²) in [5.41, 5.74) is 7.74. The van der Waals surface area contributed by atoms with Gasteiger partial charge in [-0.1, -0.05) is 25.0 Å². The number of nitrogens with two attached hydrogens (primary N) is 1. The number of unbranched alkanes of at least 4 members (excludes halogenated alkanes) is 3. The van der Waals surface area contributed by atoms with Crippen LogP contribution in [0.1, 0.15) is 43.2 Å². The average molecular weight is 329 g/mol. The number of benzene rings is 1. The van der Waals surface area contributed by atoms with Crippen molar-refractivity contribution in [2.45, 2.75) is 45.4 Å². The molecule has 1 rings (SSSR count). The van der Waals surface area contributed by atoms with Crippen molar-refractivity contribution in [1.29, 1.82) is 0 Å². The Bertz CT molecular complexity index is 439. The molecule has 5 heteroatoms. The second-order valence-corrected chi connectivity index (χ2v) is 5.36. The molecule has 1 amide bonds. The number of aryl methyl sites for hydroxylation is 1. The van der Waals surface area contributed by atoms with E-state index in [0.29, 0.717) is 13.0 Å². The summed E-state index contributed by atoms with van der Waals surface area (Å²) < 4.78 is 5.30. The summed E-state index contributed by atoms with van der Waals surface area (Å²) in [6.45, 7) is 3.44. The zero-order valence-electron chi connectivity index (χ0n) is 13.7. The number of hydrogen-bond acceptors (Lipinski definition) is 3. The number of ether oxygens (including phenoxy) is 1. The van der Waals surface area contributed by atoms with Crippen molar-refractivity contribution in [3.8, 4) is 5.75 Å². The van der Waals surface area contributed by atoms with Gasteiger partial charge in [-0.2, -0.15) is 0 Å². The highest BCUT2D eigenvalue weighted by molar-refractivity contribution is 5.85. The van der Waals surface area contributed by atoms with Gasteiger partial charge in [-0.05, 0) is 49.9 Å². The highest BCUT2D eigenvalue weighted by atomic mass is 35.5. The van der Waals surface area contributed by atoms with E-state index in [1.807, 2.05) is 19.1 Å². The number of carbonyl (C=O) groups excluding carboxylic acids is 1. The Hall–Kier alpha value is -1.26. The largest absolute Gasteiger partial charge is 0.496 e. The molecule has 0 aromatic heterocycles. The minimum absolute atomic E-state index is 0. The van der Waals surface area contributed by atoms with Crippen LogP contribution in [0.2, 0.25) is 0 Å². The lowest BCUT2D eigenvalue weighted by molar-refractivity contribution is -0.121. The zero-order valence-corrected chi connectivity index (χ0v) is 14.5. The van der Waals surface area contributed by atoms with Gasteiger partial charge >= 0.3 is 0 Å². The van der Waals surface area contributed by atoms with E-state index in [0.717, 1.165) is 50.0 Å². The Kier molecular flexibility index (Phi) is 11.6. The van der Waals surface area contributed by atoms with E-state index in [2.05, 4.69) is 11.4 Å². The molecule has 126 valence electrons. The standard InChI is InChI=1S/C17H28N2O2.ClH/c1-14-8-9-15(13-16(14)21-2)10-12-19-17(20)7-5-3-4-6-11-18;/h8-9,13H,3-7,10-12,18H2,1-2H3,(H,19,20);1H. The third-order valence-electron chi connectivity index (χ3n) is 3.57. The molecule has 0 unspecified atom stereocenters. The quantitative estimate of drug-likeness (QED) is 0.649. The molecular formula is C17H29ClN2O2. The minimum Gasteiger partial charge on any atom is -0.496 e. The monoisotopic (exact) mass is 328 g/mol. The second kappa shape index (κ2) is 12.3. The highest BCUT2D eigenvalue weighted by Gasteiger charge is 2.03. The summed E-state index contributed by atoms with van der Waals surface area (Å²) in [7, 11) is 1.68. The summed E-state index contributed by atoms with van der Waals surface area (Å²) >= 11 is 0. The van der Waals surface area contributed by atoms with Crippen LogP contribution in [0, 0.1) is 6.92 Å². The van der Waals surface area contributed by atoms with Crippen molar-refractivity contribution in [3.05, 3.63) is 29.3 Å². The first-order chi connectivity index (χ1) is 10.2. The molecule has 0 aliphatic heterocycles. The lowest BCUT2D eigenvalue weighted by Crippen LogP contribution is -2.25. The first-order valence-electron chi connectivity index (χ1n) is 7.77. The third kappa shape index (κ3) is 8.25. The van der Waals surface area contributed by atoms with E-state index in [9.17, 15) is 4.79 Å². The number of halogens is 1. The maximum Gasteiger partial charge on any atom is 0.220 e. The zero-order chi connectivity index (χ0) is 15.5. The Morgan fingerprint density at radius 2 is 1.95 bits per heavy atom. The van der Waals surface area contributed by atoms with Gasteiger partial charge in [-0.15, -0.1) is 12.4 Å². The van der Waals surface area contributed by atoms with Gasteiger partial charge in [0.05, 0.1) is 7.11 Å². The fraction of sp³-hybridized carbons (Fsp3) is 0.588.